The van der Waals surface area contributed by atoms with Crippen LogP contribution in [0.15, 0.2) is 186 Å². The second-order valence-electron chi connectivity index (χ2n) is 11.2. The first kappa shape index (κ1) is 38.1. The Kier molecular flexibility index (Phi) is 14.1. The maximum atomic E-state index is 10.7. The normalized spacial score (nSPS) is 11.5. The molecule has 12 heteroatoms. The largest absolute Gasteiger partial charge is 0.461 e. The molecule has 2 atom stereocenters. The first-order chi connectivity index (χ1) is 26.5. The Bertz CT molecular complexity index is 2180. The van der Waals surface area contributed by atoms with E-state index in [0.29, 0.717) is 17.4 Å². The summed E-state index contributed by atoms with van der Waals surface area (Å²) in [6.45, 7) is 3.87. The average Bonchev–Trinajstić information content (AvgIpc) is 3.21. The Balaban J connectivity index is 0.000000321. The summed E-state index contributed by atoms with van der Waals surface area (Å²) in [6.07, 6.45) is 8.57. The molecule has 0 aliphatic heterocycles. The summed E-state index contributed by atoms with van der Waals surface area (Å²) < 4.78 is 24.0. The molecule has 1 N–H and O–H groups in total. The van der Waals surface area contributed by atoms with Crippen LogP contribution in [0.1, 0.15) is 5.69 Å². The number of aryl methyl sites for hydroxylation is 1. The van der Waals surface area contributed by atoms with E-state index in [1.54, 1.807) is 55.2 Å². The lowest BCUT2D eigenvalue weighted by Gasteiger charge is -2.20. The van der Waals surface area contributed by atoms with Gasteiger partial charge in [0.05, 0.1) is 9.79 Å². The molecule has 4 heterocycles. The SMILES string of the molecule is CP(Oc1ccccn1)Oc1ccc2ccccc2c1Sc1c(OP(O)Oc2ccccn2)ccc2ccccc12.Cc1ccccn1.c1ccncc1. The molecular weight excluding hydrogens is 734 g/mol. The van der Waals surface area contributed by atoms with E-state index < -0.39 is 17.0 Å². The van der Waals surface area contributed by atoms with Crippen LogP contribution in [-0.4, -0.2) is 31.5 Å². The summed E-state index contributed by atoms with van der Waals surface area (Å²) >= 11 is 1.51. The maximum absolute atomic E-state index is 10.7. The van der Waals surface area contributed by atoms with Gasteiger partial charge in [0.25, 0.3) is 8.38 Å². The molecule has 0 saturated heterocycles. The zero-order chi connectivity index (χ0) is 37.4. The lowest BCUT2D eigenvalue weighted by molar-refractivity contribution is 0.373. The molecule has 0 bridgehead atoms. The van der Waals surface area contributed by atoms with Crippen LogP contribution in [0.25, 0.3) is 21.5 Å². The second-order valence-corrected chi connectivity index (χ2v) is 14.3. The fourth-order valence-electron chi connectivity index (χ4n) is 4.94. The van der Waals surface area contributed by atoms with Crippen molar-refractivity contribution in [3.63, 3.8) is 0 Å². The predicted octanol–water partition coefficient (Wildman–Crippen LogP) is 11.5. The van der Waals surface area contributed by atoms with E-state index in [0.717, 1.165) is 37.0 Å². The van der Waals surface area contributed by atoms with Crippen molar-refractivity contribution in [1.82, 2.24) is 19.9 Å². The summed E-state index contributed by atoms with van der Waals surface area (Å²) in [6, 6.07) is 46.3. The van der Waals surface area contributed by atoms with E-state index in [9.17, 15) is 4.89 Å². The third-order valence-electron chi connectivity index (χ3n) is 7.34. The van der Waals surface area contributed by atoms with E-state index in [2.05, 4.69) is 32.1 Å². The number of pyridine rings is 4. The number of aromatic nitrogens is 4. The predicted molar refractivity (Wildman–Crippen MR) is 218 cm³/mol. The van der Waals surface area contributed by atoms with Gasteiger partial charge in [-0.2, -0.15) is 0 Å². The molecule has 2 unspecified atom stereocenters. The van der Waals surface area contributed by atoms with Crippen molar-refractivity contribution in [2.45, 2.75) is 16.7 Å². The van der Waals surface area contributed by atoms with Crippen LogP contribution in [-0.2, 0) is 0 Å². The number of nitrogens with zero attached hydrogens (tertiary/aromatic N) is 4. The van der Waals surface area contributed by atoms with Gasteiger partial charge in [-0.1, -0.05) is 96.7 Å². The Labute approximate surface area is 321 Å². The molecule has 0 saturated carbocycles. The lowest BCUT2D eigenvalue weighted by Crippen LogP contribution is -1.98. The molecule has 270 valence electrons. The van der Waals surface area contributed by atoms with Gasteiger partial charge in [-0.05, 0) is 77.0 Å². The van der Waals surface area contributed by atoms with Gasteiger partial charge in [-0.15, -0.1) is 0 Å². The lowest BCUT2D eigenvalue weighted by atomic mass is 10.1. The van der Waals surface area contributed by atoms with Crippen LogP contribution in [0, 0.1) is 6.92 Å². The van der Waals surface area contributed by atoms with E-state index in [4.69, 9.17) is 18.1 Å². The van der Waals surface area contributed by atoms with E-state index in [1.807, 2.05) is 123 Å². The van der Waals surface area contributed by atoms with Crippen LogP contribution in [0.3, 0.4) is 0 Å². The Morgan fingerprint density at radius 3 is 1.44 bits per heavy atom. The fraction of sp³-hybridized carbons (Fsp3) is 0.0476. The summed E-state index contributed by atoms with van der Waals surface area (Å²) in [5, 5.41) is 4.10. The van der Waals surface area contributed by atoms with Crippen LogP contribution in [0.4, 0.5) is 0 Å². The minimum atomic E-state index is -2.29. The van der Waals surface area contributed by atoms with E-state index >= 15 is 0 Å². The fourth-order valence-corrected chi connectivity index (χ4v) is 7.74. The van der Waals surface area contributed by atoms with Crippen LogP contribution in [0.2, 0.25) is 0 Å². The van der Waals surface area contributed by atoms with Gasteiger partial charge >= 0.3 is 8.60 Å². The molecule has 0 aliphatic rings. The van der Waals surface area contributed by atoms with E-state index in [1.165, 1.54) is 11.8 Å². The van der Waals surface area contributed by atoms with Crippen molar-refractivity contribution in [2.75, 3.05) is 6.66 Å². The van der Waals surface area contributed by atoms with Crippen molar-refractivity contribution in [3.05, 3.63) is 182 Å². The monoisotopic (exact) mass is 770 g/mol. The minimum absolute atomic E-state index is 0.282. The first-order valence-electron chi connectivity index (χ1n) is 16.7. The second kappa shape index (κ2) is 20.0. The molecule has 0 fully saturated rings. The highest BCUT2D eigenvalue weighted by Gasteiger charge is 2.21. The third kappa shape index (κ3) is 11.2. The highest BCUT2D eigenvalue weighted by molar-refractivity contribution is 8.00. The van der Waals surface area contributed by atoms with Crippen LogP contribution >= 0.6 is 28.7 Å². The van der Waals surface area contributed by atoms with Gasteiger partial charge in [-0.3, -0.25) is 9.97 Å². The molecule has 8 aromatic rings. The third-order valence-corrected chi connectivity index (χ3v) is 10.2. The molecule has 54 heavy (non-hydrogen) atoms. The van der Waals surface area contributed by atoms with Crippen LogP contribution < -0.4 is 18.1 Å². The summed E-state index contributed by atoms with van der Waals surface area (Å²) in [5.41, 5.74) is 1.07. The van der Waals surface area contributed by atoms with E-state index in [-0.39, 0.29) is 5.88 Å². The average molecular weight is 771 g/mol. The molecule has 0 spiro atoms. The standard InChI is InChI=1S/C31H24N2O5P2S.C6H7N.C5H5N/c1-39(37-28-14-6-8-20-32-28)35-26-18-16-22-10-2-4-12-24(22)30(26)41-31-25-13-5-3-11-23(25)17-19-27(31)36-40(34)38-29-15-7-9-21-33-29;1-6-4-2-3-5-7-6;1-2-4-6-5-3-1/h2-21,34H,1H3;2-5H,1H3;1-5H. The number of fused-ring (bicyclic) bond motifs is 2. The van der Waals surface area contributed by atoms with Crippen LogP contribution in [0.5, 0.6) is 23.3 Å². The highest BCUT2D eigenvalue weighted by atomic mass is 32.2. The molecule has 0 aliphatic carbocycles. The number of hydrogen-bond acceptors (Lipinski definition) is 10. The zero-order valence-electron chi connectivity index (χ0n) is 29.4. The van der Waals surface area contributed by atoms with Crippen molar-refractivity contribution >= 4 is 50.3 Å². The van der Waals surface area contributed by atoms with Crippen molar-refractivity contribution in [3.8, 4) is 23.3 Å². The van der Waals surface area contributed by atoms with Gasteiger partial charge in [-0.25, -0.2) is 9.97 Å². The molecule has 4 aromatic heterocycles. The van der Waals surface area contributed by atoms with Gasteiger partial charge < -0.3 is 23.0 Å². The molecule has 4 aromatic carbocycles. The number of benzene rings is 4. The molecule has 0 radical (unpaired) electrons. The molecule has 8 rings (SSSR count). The van der Waals surface area contributed by atoms with Gasteiger partial charge in [0.15, 0.2) is 0 Å². The minimum Gasteiger partial charge on any atom is -0.437 e. The summed E-state index contributed by atoms with van der Waals surface area (Å²) in [7, 11) is -3.63. The molecular formula is C42H36N4O5P2S. The number of rotatable bonds is 10. The van der Waals surface area contributed by atoms with Crippen molar-refractivity contribution < 1.29 is 23.0 Å². The molecule has 9 nitrogen and oxygen atoms in total. The highest BCUT2D eigenvalue weighted by Crippen LogP contribution is 2.51. The first-order valence-corrected chi connectivity index (χ1v) is 20.3. The smallest absolute Gasteiger partial charge is 0.437 e. The topological polar surface area (TPSA) is 109 Å². The Morgan fingerprint density at radius 1 is 0.481 bits per heavy atom. The zero-order valence-corrected chi connectivity index (χ0v) is 32.0. The summed E-state index contributed by atoms with van der Waals surface area (Å²) in [4.78, 5) is 28.6. The maximum Gasteiger partial charge on any atom is 0.461 e. The van der Waals surface area contributed by atoms with Gasteiger partial charge in [0.1, 0.15) is 11.5 Å². The Morgan fingerprint density at radius 2 is 0.981 bits per heavy atom. The van der Waals surface area contributed by atoms with Gasteiger partial charge in [0.2, 0.25) is 11.8 Å². The summed E-state index contributed by atoms with van der Waals surface area (Å²) in [5.74, 6) is 1.95. The Hall–Kier alpha value is -5.63. The quantitative estimate of drug-likeness (QED) is 0.135. The molecule has 0 amide bonds. The van der Waals surface area contributed by atoms with Gasteiger partial charge in [0, 0.05) is 55.5 Å². The van der Waals surface area contributed by atoms with Crippen molar-refractivity contribution in [2.24, 2.45) is 0 Å². The van der Waals surface area contributed by atoms with Crippen molar-refractivity contribution in [1.29, 1.82) is 0 Å². The number of hydrogen-bond donors (Lipinski definition) is 1.